The number of ketones is 2. The van der Waals surface area contributed by atoms with Gasteiger partial charge < -0.3 is 15.0 Å². The van der Waals surface area contributed by atoms with Crippen molar-refractivity contribution < 1.29 is 14.3 Å². The Hall–Kier alpha value is -4.30. The number of fused-ring (bicyclic) bond motifs is 1. The van der Waals surface area contributed by atoms with E-state index in [1.165, 1.54) is 6.33 Å². The van der Waals surface area contributed by atoms with Crippen LogP contribution in [0.4, 0.5) is 5.82 Å². The van der Waals surface area contributed by atoms with Crippen molar-refractivity contribution in [3.63, 3.8) is 0 Å². The van der Waals surface area contributed by atoms with E-state index in [1.54, 1.807) is 43.5 Å². The molecule has 4 aromatic rings. The van der Waals surface area contributed by atoms with Gasteiger partial charge in [-0.25, -0.2) is 9.97 Å². The number of benzene rings is 2. The molecule has 2 aromatic heterocycles. The molecule has 3 heterocycles. The largest absolute Gasteiger partial charge is 0.457 e. The fraction of sp³-hybridized carbons (Fsp3) is 0.267. The molecular formula is C30H31N5O3. The molecule has 194 valence electrons. The van der Waals surface area contributed by atoms with Crippen molar-refractivity contribution in [2.24, 2.45) is 0 Å². The fourth-order valence-electron chi connectivity index (χ4n) is 4.77. The zero-order chi connectivity index (χ0) is 26.3. The van der Waals surface area contributed by atoms with Crippen LogP contribution in [0.3, 0.4) is 0 Å². The molecule has 0 bridgehead atoms. The lowest BCUT2D eigenvalue weighted by molar-refractivity contribution is -0.112. The van der Waals surface area contributed by atoms with Crippen LogP contribution in [0.2, 0.25) is 0 Å². The van der Waals surface area contributed by atoms with Crippen LogP contribution >= 0.6 is 0 Å². The van der Waals surface area contributed by atoms with E-state index >= 15 is 0 Å². The second-order valence-electron chi connectivity index (χ2n) is 9.53. The van der Waals surface area contributed by atoms with Gasteiger partial charge in [-0.3, -0.25) is 14.5 Å². The molecule has 0 spiro atoms. The topological polar surface area (TPSA) is 100 Å². The number of nitrogens with zero attached hydrogens (tertiary/aromatic N) is 3. The molecule has 1 fully saturated rings. The van der Waals surface area contributed by atoms with Crippen LogP contribution < -0.4 is 10.1 Å². The van der Waals surface area contributed by atoms with E-state index in [0.717, 1.165) is 44.6 Å². The summed E-state index contributed by atoms with van der Waals surface area (Å²) in [6, 6.07) is 16.8. The van der Waals surface area contributed by atoms with Gasteiger partial charge in [0.05, 0.1) is 10.9 Å². The first-order valence-electron chi connectivity index (χ1n) is 12.9. The maximum Gasteiger partial charge on any atom is 0.195 e. The first-order valence-corrected chi connectivity index (χ1v) is 12.9. The highest BCUT2D eigenvalue weighted by Gasteiger charge is 2.22. The van der Waals surface area contributed by atoms with Crippen LogP contribution in [0.25, 0.3) is 11.0 Å². The molecule has 1 aliphatic heterocycles. The van der Waals surface area contributed by atoms with Gasteiger partial charge in [0.1, 0.15) is 29.3 Å². The van der Waals surface area contributed by atoms with Crippen molar-refractivity contribution in [1.29, 1.82) is 0 Å². The third kappa shape index (κ3) is 6.15. The molecule has 8 heteroatoms. The molecule has 2 N–H and O–H groups in total. The van der Waals surface area contributed by atoms with Crippen LogP contribution in [-0.4, -0.2) is 57.1 Å². The number of hydrogen-bond acceptors (Lipinski definition) is 7. The molecule has 1 atom stereocenters. The van der Waals surface area contributed by atoms with Crippen molar-refractivity contribution in [1.82, 2.24) is 19.9 Å². The molecule has 8 nitrogen and oxygen atoms in total. The SMILES string of the molecule is CC(=O)/C=C/CN1CCCCC(Nc2ncnc3[nH]cc(C(=O)c4ccc(Oc5ccccc5)cc4)c23)C1. The first kappa shape index (κ1) is 25.4. The average molecular weight is 510 g/mol. The van der Waals surface area contributed by atoms with Gasteiger partial charge >= 0.3 is 0 Å². The Balaban J connectivity index is 1.34. The lowest BCUT2D eigenvalue weighted by Crippen LogP contribution is -2.35. The fourth-order valence-corrected chi connectivity index (χ4v) is 4.77. The number of aromatic amines is 1. The second-order valence-corrected chi connectivity index (χ2v) is 9.53. The number of ether oxygens (including phenoxy) is 1. The molecule has 0 amide bonds. The lowest BCUT2D eigenvalue weighted by Gasteiger charge is -2.24. The quantitative estimate of drug-likeness (QED) is 0.230. The lowest BCUT2D eigenvalue weighted by atomic mass is 10.0. The van der Waals surface area contributed by atoms with Gasteiger partial charge in [0.15, 0.2) is 11.6 Å². The van der Waals surface area contributed by atoms with Crippen molar-refractivity contribution >= 4 is 28.4 Å². The third-order valence-electron chi connectivity index (χ3n) is 6.62. The number of para-hydroxylation sites is 1. The van der Waals surface area contributed by atoms with Gasteiger partial charge in [-0.05, 0) is 68.8 Å². The zero-order valence-electron chi connectivity index (χ0n) is 21.4. The van der Waals surface area contributed by atoms with Crippen molar-refractivity contribution in [3.05, 3.63) is 90.4 Å². The molecular weight excluding hydrogens is 478 g/mol. The normalized spacial score (nSPS) is 16.4. The summed E-state index contributed by atoms with van der Waals surface area (Å²) in [6.45, 7) is 4.10. The van der Waals surface area contributed by atoms with Crippen LogP contribution in [0.1, 0.15) is 42.1 Å². The van der Waals surface area contributed by atoms with Gasteiger partial charge in [-0.1, -0.05) is 30.7 Å². The predicted molar refractivity (Wildman–Crippen MR) is 148 cm³/mol. The Morgan fingerprint density at radius 3 is 2.66 bits per heavy atom. The second kappa shape index (κ2) is 11.8. The Bertz CT molecular complexity index is 1430. The number of H-pyrrole nitrogens is 1. The molecule has 0 saturated carbocycles. The maximum absolute atomic E-state index is 13.5. The van der Waals surface area contributed by atoms with Gasteiger partial charge in [0, 0.05) is 30.9 Å². The van der Waals surface area contributed by atoms with E-state index in [0.29, 0.717) is 33.7 Å². The number of anilines is 1. The Labute approximate surface area is 221 Å². The number of hydrogen-bond donors (Lipinski definition) is 2. The van der Waals surface area contributed by atoms with Crippen molar-refractivity contribution in [2.75, 3.05) is 25.0 Å². The van der Waals surface area contributed by atoms with Crippen molar-refractivity contribution in [2.45, 2.75) is 32.2 Å². The average Bonchev–Trinajstić information content (AvgIpc) is 3.24. The first-order chi connectivity index (χ1) is 18.6. The summed E-state index contributed by atoms with van der Waals surface area (Å²) < 4.78 is 5.86. The number of carbonyl (C=O) groups is 2. The number of carbonyl (C=O) groups excluding carboxylic acids is 2. The van der Waals surface area contributed by atoms with E-state index in [-0.39, 0.29) is 17.6 Å². The van der Waals surface area contributed by atoms with Crippen LogP contribution in [0, 0.1) is 0 Å². The molecule has 0 aliphatic carbocycles. The third-order valence-corrected chi connectivity index (χ3v) is 6.62. The summed E-state index contributed by atoms with van der Waals surface area (Å²) in [6.07, 6.45) is 9.95. The van der Waals surface area contributed by atoms with E-state index in [4.69, 9.17) is 4.74 Å². The Morgan fingerprint density at radius 1 is 1.08 bits per heavy atom. The van der Waals surface area contributed by atoms with Crippen LogP contribution in [0.15, 0.2) is 79.3 Å². The smallest absolute Gasteiger partial charge is 0.195 e. The summed E-state index contributed by atoms with van der Waals surface area (Å²) in [5, 5.41) is 4.28. The number of nitrogens with one attached hydrogen (secondary N) is 2. The van der Waals surface area contributed by atoms with E-state index < -0.39 is 0 Å². The van der Waals surface area contributed by atoms with Gasteiger partial charge in [0.25, 0.3) is 0 Å². The number of likely N-dealkylation sites (tertiary alicyclic amines) is 1. The van der Waals surface area contributed by atoms with Crippen molar-refractivity contribution in [3.8, 4) is 11.5 Å². The molecule has 1 aliphatic rings. The monoisotopic (exact) mass is 509 g/mol. The van der Waals surface area contributed by atoms with Crippen LogP contribution in [-0.2, 0) is 4.79 Å². The summed E-state index contributed by atoms with van der Waals surface area (Å²) in [5.74, 6) is 1.99. The van der Waals surface area contributed by atoms with Gasteiger partial charge in [-0.15, -0.1) is 0 Å². The molecule has 2 aromatic carbocycles. The highest BCUT2D eigenvalue weighted by molar-refractivity contribution is 6.18. The van der Waals surface area contributed by atoms with E-state index in [1.807, 2.05) is 36.4 Å². The maximum atomic E-state index is 13.5. The summed E-state index contributed by atoms with van der Waals surface area (Å²) in [7, 11) is 0. The standard InChI is InChI=1S/C30H31N5O3/c1-21(36)8-7-17-35-16-6-5-9-23(19-35)34-30-27-26(18-31-29(27)32-20-33-30)28(37)22-12-14-25(15-13-22)38-24-10-3-2-4-11-24/h2-4,7-8,10-15,18,20,23H,5-6,9,16-17,19H2,1H3,(H2,31,32,33,34)/b8-7+. The molecule has 1 unspecified atom stereocenters. The van der Waals surface area contributed by atoms with Gasteiger partial charge in [0.2, 0.25) is 0 Å². The highest BCUT2D eigenvalue weighted by Crippen LogP contribution is 2.28. The van der Waals surface area contributed by atoms with E-state index in [9.17, 15) is 9.59 Å². The predicted octanol–water partition coefficient (Wildman–Crippen LogP) is 5.39. The minimum absolute atomic E-state index is 0.0564. The molecule has 5 rings (SSSR count). The highest BCUT2D eigenvalue weighted by atomic mass is 16.5. The molecule has 38 heavy (non-hydrogen) atoms. The zero-order valence-corrected chi connectivity index (χ0v) is 21.4. The Kier molecular flexibility index (Phi) is 7.89. The molecule has 0 radical (unpaired) electrons. The van der Waals surface area contributed by atoms with Gasteiger partial charge in [-0.2, -0.15) is 0 Å². The van der Waals surface area contributed by atoms with Crippen LogP contribution in [0.5, 0.6) is 11.5 Å². The Morgan fingerprint density at radius 2 is 1.87 bits per heavy atom. The summed E-state index contributed by atoms with van der Waals surface area (Å²) in [4.78, 5) is 39.1. The summed E-state index contributed by atoms with van der Waals surface area (Å²) >= 11 is 0. The number of allylic oxidation sites excluding steroid dienone is 1. The van der Waals surface area contributed by atoms with E-state index in [2.05, 4.69) is 25.2 Å². The molecule has 1 saturated heterocycles. The minimum Gasteiger partial charge on any atom is -0.457 e. The number of aromatic nitrogens is 3. The minimum atomic E-state index is -0.114. The summed E-state index contributed by atoms with van der Waals surface area (Å²) in [5.41, 5.74) is 1.69. The number of rotatable bonds is 9.